The Kier molecular flexibility index (Phi) is 3.97. The van der Waals surface area contributed by atoms with Gasteiger partial charge in [0.15, 0.2) is 0 Å². The van der Waals surface area contributed by atoms with E-state index in [1.165, 1.54) is 49.4 Å². The topological polar surface area (TPSA) is 25.4 Å². The Hall–Kier alpha value is -1.09. The summed E-state index contributed by atoms with van der Waals surface area (Å²) in [6.07, 6.45) is 5.80. The third-order valence-electron chi connectivity index (χ3n) is 4.85. The van der Waals surface area contributed by atoms with Gasteiger partial charge in [-0.1, -0.05) is 26.3 Å². The molecule has 0 unspecified atom stereocenters. The summed E-state index contributed by atoms with van der Waals surface area (Å²) in [5.41, 5.74) is 3.24. The summed E-state index contributed by atoms with van der Waals surface area (Å²) in [6, 6.07) is 4.49. The van der Waals surface area contributed by atoms with Crippen molar-refractivity contribution in [1.82, 2.24) is 4.98 Å². The molecular formula is C17H26N2O. The van der Waals surface area contributed by atoms with Crippen LogP contribution >= 0.6 is 0 Å². The van der Waals surface area contributed by atoms with Crippen LogP contribution in [0, 0.1) is 5.41 Å². The van der Waals surface area contributed by atoms with E-state index in [0.29, 0.717) is 5.41 Å². The predicted molar refractivity (Wildman–Crippen MR) is 82.3 cm³/mol. The Morgan fingerprint density at radius 3 is 2.60 bits per heavy atom. The molecule has 0 aromatic carbocycles. The van der Waals surface area contributed by atoms with Crippen LogP contribution in [0.15, 0.2) is 12.1 Å². The first-order valence-electron chi connectivity index (χ1n) is 8.08. The summed E-state index contributed by atoms with van der Waals surface area (Å²) < 4.78 is 5.49. The fraction of sp³-hybridized carbons (Fsp3) is 0.706. The van der Waals surface area contributed by atoms with Crippen molar-refractivity contribution in [3.63, 3.8) is 0 Å². The number of rotatable bonds is 4. The fourth-order valence-electron chi connectivity index (χ4n) is 3.52. The lowest BCUT2D eigenvalue weighted by molar-refractivity contribution is -0.000465. The van der Waals surface area contributed by atoms with Crippen molar-refractivity contribution in [3.8, 4) is 0 Å². The maximum absolute atomic E-state index is 5.49. The van der Waals surface area contributed by atoms with Crippen LogP contribution in [0.4, 0.5) is 5.82 Å². The Labute approximate surface area is 122 Å². The summed E-state index contributed by atoms with van der Waals surface area (Å²) >= 11 is 0. The third-order valence-corrected chi connectivity index (χ3v) is 4.85. The molecule has 1 aromatic heterocycles. The maximum Gasteiger partial charge on any atom is 0.128 e. The molecule has 2 aliphatic rings. The summed E-state index contributed by atoms with van der Waals surface area (Å²) in [5, 5.41) is 0. The van der Waals surface area contributed by atoms with E-state index in [1.807, 2.05) is 0 Å². The van der Waals surface area contributed by atoms with E-state index in [1.54, 1.807) is 0 Å². The highest BCUT2D eigenvalue weighted by molar-refractivity contribution is 5.46. The quantitative estimate of drug-likeness (QED) is 0.843. The van der Waals surface area contributed by atoms with Crippen LogP contribution in [0.3, 0.4) is 0 Å². The van der Waals surface area contributed by atoms with E-state index in [0.717, 1.165) is 26.1 Å². The number of hydrogen-bond donors (Lipinski definition) is 0. The van der Waals surface area contributed by atoms with Gasteiger partial charge in [-0.05, 0) is 37.3 Å². The molecule has 0 saturated carbocycles. The molecule has 0 radical (unpaired) electrons. The van der Waals surface area contributed by atoms with E-state index < -0.39 is 0 Å². The molecule has 0 bridgehead atoms. The summed E-state index contributed by atoms with van der Waals surface area (Å²) in [5.74, 6) is 1.18. The van der Waals surface area contributed by atoms with Crippen LogP contribution < -0.4 is 4.90 Å². The van der Waals surface area contributed by atoms with Crippen LogP contribution in [0.1, 0.15) is 44.4 Å². The number of aromatic nitrogens is 1. The van der Waals surface area contributed by atoms with Gasteiger partial charge in [-0.2, -0.15) is 0 Å². The number of hydrogen-bond acceptors (Lipinski definition) is 3. The lowest BCUT2D eigenvalue weighted by atomic mass is 9.73. The first kappa shape index (κ1) is 13.9. The van der Waals surface area contributed by atoms with Gasteiger partial charge in [0.25, 0.3) is 0 Å². The molecule has 0 N–H and O–H groups in total. The van der Waals surface area contributed by atoms with E-state index in [2.05, 4.69) is 30.9 Å². The zero-order valence-electron chi connectivity index (χ0n) is 12.8. The van der Waals surface area contributed by atoms with Crippen molar-refractivity contribution in [1.29, 1.82) is 0 Å². The molecule has 0 amide bonds. The zero-order chi connectivity index (χ0) is 14.0. The number of pyridine rings is 1. The lowest BCUT2D eigenvalue weighted by Crippen LogP contribution is -2.58. The lowest BCUT2D eigenvalue weighted by Gasteiger charge is -2.52. The molecule has 3 heteroatoms. The van der Waals surface area contributed by atoms with Crippen LogP contribution in [-0.4, -0.2) is 31.3 Å². The number of aryl methyl sites for hydroxylation is 2. The minimum Gasteiger partial charge on any atom is -0.381 e. The highest BCUT2D eigenvalue weighted by Gasteiger charge is 2.44. The smallest absolute Gasteiger partial charge is 0.128 e. The van der Waals surface area contributed by atoms with Gasteiger partial charge in [0.05, 0.1) is 0 Å². The molecule has 1 spiro atoms. The first-order chi connectivity index (χ1) is 9.76. The second-order valence-electron chi connectivity index (χ2n) is 6.35. The van der Waals surface area contributed by atoms with Crippen molar-refractivity contribution in [2.75, 3.05) is 31.2 Å². The SMILES string of the molecule is CCCc1nc(N2CC3(CCOCC3)C2)ccc1CC. The molecule has 3 nitrogen and oxygen atoms in total. The molecule has 0 atom stereocenters. The average molecular weight is 274 g/mol. The van der Waals surface area contributed by atoms with E-state index in [9.17, 15) is 0 Å². The van der Waals surface area contributed by atoms with Gasteiger partial charge in [-0.15, -0.1) is 0 Å². The fourth-order valence-corrected chi connectivity index (χ4v) is 3.52. The van der Waals surface area contributed by atoms with Gasteiger partial charge >= 0.3 is 0 Å². The number of anilines is 1. The van der Waals surface area contributed by atoms with E-state index in [-0.39, 0.29) is 0 Å². The Morgan fingerprint density at radius 2 is 1.95 bits per heavy atom. The van der Waals surface area contributed by atoms with Crippen LogP contribution in [0.25, 0.3) is 0 Å². The predicted octanol–water partition coefficient (Wildman–Crippen LogP) is 3.21. The number of nitrogens with zero attached hydrogens (tertiary/aromatic N) is 2. The highest BCUT2D eigenvalue weighted by Crippen LogP contribution is 2.41. The standard InChI is InChI=1S/C17H26N2O/c1-3-5-15-14(4-2)6-7-16(18-15)19-12-17(13-19)8-10-20-11-9-17/h6-7H,3-5,8-13H2,1-2H3. The summed E-state index contributed by atoms with van der Waals surface area (Å²) in [4.78, 5) is 7.38. The first-order valence-corrected chi connectivity index (χ1v) is 8.08. The van der Waals surface area contributed by atoms with Gasteiger partial charge < -0.3 is 9.64 Å². The van der Waals surface area contributed by atoms with Gasteiger partial charge in [0, 0.05) is 37.4 Å². The average Bonchev–Trinajstić information content (AvgIpc) is 2.46. The number of ether oxygens (including phenoxy) is 1. The molecule has 3 heterocycles. The van der Waals surface area contributed by atoms with E-state index in [4.69, 9.17) is 9.72 Å². The largest absolute Gasteiger partial charge is 0.381 e. The monoisotopic (exact) mass is 274 g/mol. The Bertz CT molecular complexity index is 458. The van der Waals surface area contributed by atoms with E-state index >= 15 is 0 Å². The molecule has 20 heavy (non-hydrogen) atoms. The zero-order valence-corrected chi connectivity index (χ0v) is 12.8. The van der Waals surface area contributed by atoms with Crippen molar-refractivity contribution in [2.45, 2.75) is 46.0 Å². The van der Waals surface area contributed by atoms with Crippen molar-refractivity contribution in [2.24, 2.45) is 5.41 Å². The van der Waals surface area contributed by atoms with Crippen molar-refractivity contribution >= 4 is 5.82 Å². The molecule has 0 aliphatic carbocycles. The normalized spacial score (nSPS) is 21.0. The highest BCUT2D eigenvalue weighted by atomic mass is 16.5. The molecule has 3 rings (SSSR count). The van der Waals surface area contributed by atoms with Crippen LogP contribution in [0.5, 0.6) is 0 Å². The third kappa shape index (κ3) is 2.56. The maximum atomic E-state index is 5.49. The van der Waals surface area contributed by atoms with Crippen LogP contribution in [0.2, 0.25) is 0 Å². The Balaban J connectivity index is 1.70. The van der Waals surface area contributed by atoms with Crippen molar-refractivity contribution < 1.29 is 4.74 Å². The minimum atomic E-state index is 0.522. The van der Waals surface area contributed by atoms with Gasteiger partial charge in [0.2, 0.25) is 0 Å². The molecular weight excluding hydrogens is 248 g/mol. The van der Waals surface area contributed by atoms with Crippen molar-refractivity contribution in [3.05, 3.63) is 23.4 Å². The Morgan fingerprint density at radius 1 is 1.20 bits per heavy atom. The molecule has 2 fully saturated rings. The molecule has 110 valence electrons. The van der Waals surface area contributed by atoms with Gasteiger partial charge in [0.1, 0.15) is 5.82 Å². The van der Waals surface area contributed by atoms with Gasteiger partial charge in [-0.3, -0.25) is 0 Å². The summed E-state index contributed by atoms with van der Waals surface area (Å²) in [6.45, 7) is 8.67. The molecule has 1 aromatic rings. The second kappa shape index (κ2) is 5.72. The second-order valence-corrected chi connectivity index (χ2v) is 6.35. The minimum absolute atomic E-state index is 0.522. The molecule has 2 saturated heterocycles. The van der Waals surface area contributed by atoms with Gasteiger partial charge in [-0.25, -0.2) is 4.98 Å². The summed E-state index contributed by atoms with van der Waals surface area (Å²) in [7, 11) is 0. The molecule has 2 aliphatic heterocycles. The van der Waals surface area contributed by atoms with Crippen LogP contribution in [-0.2, 0) is 17.6 Å².